The number of primary amides is 1. The Morgan fingerprint density at radius 1 is 1.43 bits per heavy atom. The lowest BCUT2D eigenvalue weighted by Crippen LogP contribution is -2.18. The smallest absolute Gasteiger partial charge is 0.280 e. The summed E-state index contributed by atoms with van der Waals surface area (Å²) in [6, 6.07) is 1.38. The summed E-state index contributed by atoms with van der Waals surface area (Å²) in [5.74, 6) is -0.931. The van der Waals surface area contributed by atoms with E-state index in [1.165, 1.54) is 6.07 Å². The molecule has 3 N–H and O–H groups in total. The van der Waals surface area contributed by atoms with Gasteiger partial charge in [-0.05, 0) is 59.9 Å². The number of aryl methyl sites for hydroxylation is 2. The SMILES string of the molecule is Cc1nn(CCC(=O)Nc2c(C(N)=O)sc3nc(C(F)F)cc(C4CC4)c23)cc1I. The zero-order chi connectivity index (χ0) is 21.6. The highest BCUT2D eigenvalue weighted by atomic mass is 127. The fourth-order valence-corrected chi connectivity index (χ4v) is 4.75. The van der Waals surface area contributed by atoms with Crippen LogP contribution in [0.3, 0.4) is 0 Å². The number of pyridine rings is 1. The second-order valence-corrected chi connectivity index (χ2v) is 9.35. The molecule has 0 aliphatic heterocycles. The standard InChI is InChI=1S/C19H18F2IN5O2S/c1-8-11(22)7-27(26-8)5-4-13(28)25-15-14-10(9-2-3-9)6-12(17(20)21)24-19(14)30-16(15)18(23)29/h6-7,9,17H,2-5H2,1H3,(H2,23,29)(H,25,28). The van der Waals surface area contributed by atoms with Gasteiger partial charge >= 0.3 is 0 Å². The van der Waals surface area contributed by atoms with Gasteiger partial charge in [-0.3, -0.25) is 14.3 Å². The van der Waals surface area contributed by atoms with E-state index in [0.29, 0.717) is 17.5 Å². The van der Waals surface area contributed by atoms with E-state index in [2.05, 4.69) is 38.0 Å². The number of alkyl halides is 2. The number of hydrogen-bond donors (Lipinski definition) is 2. The number of thiophene rings is 1. The third-order valence-electron chi connectivity index (χ3n) is 4.90. The molecule has 1 fully saturated rings. The minimum absolute atomic E-state index is 0.114. The third kappa shape index (κ3) is 4.17. The van der Waals surface area contributed by atoms with Crippen molar-refractivity contribution in [2.75, 3.05) is 5.32 Å². The molecule has 1 aliphatic rings. The normalized spacial score (nSPS) is 13.9. The second-order valence-electron chi connectivity index (χ2n) is 7.19. The maximum atomic E-state index is 13.3. The van der Waals surface area contributed by atoms with Crippen LogP contribution in [0.5, 0.6) is 0 Å². The number of rotatable bonds is 7. The number of hydrogen-bond acceptors (Lipinski definition) is 5. The van der Waals surface area contributed by atoms with E-state index in [9.17, 15) is 18.4 Å². The number of fused-ring (bicyclic) bond motifs is 1. The number of anilines is 1. The molecule has 0 spiro atoms. The van der Waals surface area contributed by atoms with Gasteiger partial charge in [0.1, 0.15) is 15.4 Å². The lowest BCUT2D eigenvalue weighted by atomic mass is 10.0. The maximum absolute atomic E-state index is 13.3. The molecule has 0 radical (unpaired) electrons. The maximum Gasteiger partial charge on any atom is 0.280 e. The van der Waals surface area contributed by atoms with Crippen LogP contribution in [0.1, 0.15) is 58.2 Å². The molecule has 0 atom stereocenters. The predicted molar refractivity (Wildman–Crippen MR) is 118 cm³/mol. The van der Waals surface area contributed by atoms with Crippen molar-refractivity contribution in [3.63, 3.8) is 0 Å². The Morgan fingerprint density at radius 2 is 2.17 bits per heavy atom. The van der Waals surface area contributed by atoms with Gasteiger partial charge in [-0.25, -0.2) is 13.8 Å². The monoisotopic (exact) mass is 545 g/mol. The molecule has 0 aromatic carbocycles. The van der Waals surface area contributed by atoms with Crippen LogP contribution < -0.4 is 11.1 Å². The van der Waals surface area contributed by atoms with Gasteiger partial charge in [-0.15, -0.1) is 11.3 Å². The fraction of sp³-hybridized carbons (Fsp3) is 0.368. The number of nitrogens with zero attached hydrogens (tertiary/aromatic N) is 3. The number of halogens is 3. The van der Waals surface area contributed by atoms with Gasteiger partial charge in [0.05, 0.1) is 15.0 Å². The van der Waals surface area contributed by atoms with Crippen molar-refractivity contribution < 1.29 is 18.4 Å². The molecule has 158 valence electrons. The molecular weight excluding hydrogens is 527 g/mol. The van der Waals surface area contributed by atoms with Crippen LogP contribution in [0.25, 0.3) is 10.2 Å². The average Bonchev–Trinajstić information content (AvgIpc) is 3.39. The van der Waals surface area contributed by atoms with Crippen molar-refractivity contribution in [3.8, 4) is 0 Å². The molecule has 0 unspecified atom stereocenters. The molecule has 7 nitrogen and oxygen atoms in total. The van der Waals surface area contributed by atoms with Crippen LogP contribution in [0.2, 0.25) is 0 Å². The van der Waals surface area contributed by atoms with Gasteiger partial charge in [0, 0.05) is 24.5 Å². The van der Waals surface area contributed by atoms with Crippen molar-refractivity contribution in [2.45, 2.75) is 45.1 Å². The zero-order valence-corrected chi connectivity index (χ0v) is 18.9. The largest absolute Gasteiger partial charge is 0.365 e. The van der Waals surface area contributed by atoms with E-state index in [4.69, 9.17) is 5.73 Å². The van der Waals surface area contributed by atoms with E-state index < -0.39 is 12.3 Å². The zero-order valence-electron chi connectivity index (χ0n) is 15.9. The molecular formula is C19H18F2IN5O2S. The van der Waals surface area contributed by atoms with Crippen molar-refractivity contribution in [3.05, 3.63) is 37.7 Å². The van der Waals surface area contributed by atoms with Crippen molar-refractivity contribution >= 4 is 61.6 Å². The lowest BCUT2D eigenvalue weighted by Gasteiger charge is -2.10. The quantitative estimate of drug-likeness (QED) is 0.431. The number of carbonyl (C=O) groups excluding carboxylic acids is 2. The van der Waals surface area contributed by atoms with Gasteiger partial charge < -0.3 is 11.1 Å². The molecule has 4 rings (SSSR count). The molecule has 0 bridgehead atoms. The Bertz CT molecular complexity index is 1140. The molecule has 30 heavy (non-hydrogen) atoms. The van der Waals surface area contributed by atoms with Crippen LogP contribution in [0, 0.1) is 10.5 Å². The number of aromatic nitrogens is 3. The molecule has 1 saturated carbocycles. The van der Waals surface area contributed by atoms with Crippen LogP contribution >= 0.6 is 33.9 Å². The first-order valence-electron chi connectivity index (χ1n) is 9.29. The predicted octanol–water partition coefficient (Wildman–Crippen LogP) is 4.35. The summed E-state index contributed by atoms with van der Waals surface area (Å²) in [6.07, 6.45) is 1.000. The van der Waals surface area contributed by atoms with Crippen LogP contribution in [-0.2, 0) is 11.3 Å². The molecule has 1 aliphatic carbocycles. The highest BCUT2D eigenvalue weighted by molar-refractivity contribution is 14.1. The number of nitrogens with one attached hydrogen (secondary N) is 1. The van der Waals surface area contributed by atoms with E-state index in [-0.39, 0.29) is 39.3 Å². The lowest BCUT2D eigenvalue weighted by molar-refractivity contribution is -0.116. The van der Waals surface area contributed by atoms with E-state index >= 15 is 0 Å². The molecule has 3 heterocycles. The minimum atomic E-state index is -2.72. The first kappa shape index (κ1) is 21.1. The summed E-state index contributed by atoms with van der Waals surface area (Å²) < 4.78 is 29.3. The van der Waals surface area contributed by atoms with Gasteiger partial charge in [0.2, 0.25) is 5.91 Å². The summed E-state index contributed by atoms with van der Waals surface area (Å²) in [5.41, 5.74) is 7.02. The number of amides is 2. The molecule has 0 saturated heterocycles. The van der Waals surface area contributed by atoms with Crippen molar-refractivity contribution in [1.82, 2.24) is 14.8 Å². The first-order valence-corrected chi connectivity index (χ1v) is 11.2. The van der Waals surface area contributed by atoms with Gasteiger partial charge in [-0.1, -0.05) is 0 Å². The van der Waals surface area contributed by atoms with Crippen LogP contribution in [-0.4, -0.2) is 26.6 Å². The minimum Gasteiger partial charge on any atom is -0.365 e. The molecule has 3 aromatic rings. The van der Waals surface area contributed by atoms with Crippen LogP contribution in [0.4, 0.5) is 14.5 Å². The van der Waals surface area contributed by atoms with Gasteiger partial charge in [-0.2, -0.15) is 5.10 Å². The Balaban J connectivity index is 1.67. The Kier molecular flexibility index (Phi) is 5.75. The highest BCUT2D eigenvalue weighted by Crippen LogP contribution is 2.48. The molecule has 11 heteroatoms. The number of nitrogens with two attached hydrogens (primary N) is 1. The van der Waals surface area contributed by atoms with E-state index in [1.807, 2.05) is 13.1 Å². The van der Waals surface area contributed by atoms with E-state index in [1.54, 1.807) is 4.68 Å². The van der Waals surface area contributed by atoms with Crippen LogP contribution in [0.15, 0.2) is 12.3 Å². The fourth-order valence-electron chi connectivity index (χ4n) is 3.29. The summed E-state index contributed by atoms with van der Waals surface area (Å²) in [4.78, 5) is 29.0. The van der Waals surface area contributed by atoms with Crippen molar-refractivity contribution in [1.29, 1.82) is 0 Å². The first-order chi connectivity index (χ1) is 14.2. The van der Waals surface area contributed by atoms with Crippen molar-refractivity contribution in [2.24, 2.45) is 5.73 Å². The summed E-state index contributed by atoms with van der Waals surface area (Å²) in [6.45, 7) is 2.25. The third-order valence-corrected chi connectivity index (χ3v) is 7.05. The Labute approximate surface area is 188 Å². The summed E-state index contributed by atoms with van der Waals surface area (Å²) in [5, 5.41) is 7.64. The highest BCUT2D eigenvalue weighted by Gasteiger charge is 2.31. The van der Waals surface area contributed by atoms with Gasteiger partial charge in [0.25, 0.3) is 12.3 Å². The topological polar surface area (TPSA) is 103 Å². The summed E-state index contributed by atoms with van der Waals surface area (Å²) >= 11 is 3.10. The summed E-state index contributed by atoms with van der Waals surface area (Å²) in [7, 11) is 0. The van der Waals surface area contributed by atoms with E-state index in [0.717, 1.165) is 33.4 Å². The molecule has 2 amide bonds. The van der Waals surface area contributed by atoms with Gasteiger partial charge in [0.15, 0.2) is 0 Å². The molecule has 3 aromatic heterocycles. The second kappa shape index (κ2) is 8.17. The average molecular weight is 545 g/mol. The Hall–Kier alpha value is -2.15. The number of carbonyl (C=O) groups is 2. The Morgan fingerprint density at radius 3 is 2.73 bits per heavy atom.